The monoisotopic (exact) mass is 267 g/mol. The molecule has 1 unspecified atom stereocenters. The minimum absolute atomic E-state index is 0.0993. The van der Waals surface area contributed by atoms with Crippen molar-refractivity contribution in [2.45, 2.75) is 25.7 Å². The van der Waals surface area contributed by atoms with Crippen molar-refractivity contribution in [2.24, 2.45) is 11.8 Å². The third-order valence-corrected chi connectivity index (χ3v) is 4.42. The van der Waals surface area contributed by atoms with Gasteiger partial charge in [-0.2, -0.15) is 0 Å². The summed E-state index contributed by atoms with van der Waals surface area (Å²) in [6.45, 7) is 3.38. The summed E-state index contributed by atoms with van der Waals surface area (Å²) in [5, 5.41) is 3.18. The average Bonchev–Trinajstić information content (AvgIpc) is 2.76. The van der Waals surface area contributed by atoms with Crippen molar-refractivity contribution in [1.29, 1.82) is 0 Å². The first-order chi connectivity index (χ1) is 9.11. The molecule has 0 aromatic heterocycles. The van der Waals surface area contributed by atoms with Gasteiger partial charge in [-0.05, 0) is 38.8 Å². The van der Waals surface area contributed by atoms with Crippen LogP contribution in [-0.4, -0.2) is 61.9 Å². The molecule has 5 heteroatoms. The van der Waals surface area contributed by atoms with E-state index in [0.29, 0.717) is 13.0 Å². The minimum atomic E-state index is -0.105. The van der Waals surface area contributed by atoms with Gasteiger partial charge in [0.25, 0.3) is 0 Å². The predicted molar refractivity (Wildman–Crippen MR) is 73.6 cm³/mol. The molecule has 0 aliphatic carbocycles. The summed E-state index contributed by atoms with van der Waals surface area (Å²) in [6.07, 6.45) is 3.80. The number of amides is 2. The highest BCUT2D eigenvalue weighted by molar-refractivity contribution is 5.89. The summed E-state index contributed by atoms with van der Waals surface area (Å²) in [5.74, 6) is 0.919. The van der Waals surface area contributed by atoms with Crippen LogP contribution in [0.2, 0.25) is 0 Å². The second-order valence-electron chi connectivity index (χ2n) is 5.84. The number of hydrogen-bond acceptors (Lipinski definition) is 3. The Hall–Kier alpha value is -1.10. The first-order valence-corrected chi connectivity index (χ1v) is 7.29. The zero-order valence-electron chi connectivity index (χ0n) is 12.0. The van der Waals surface area contributed by atoms with Gasteiger partial charge in [-0.25, -0.2) is 0 Å². The van der Waals surface area contributed by atoms with Crippen molar-refractivity contribution in [3.8, 4) is 0 Å². The fourth-order valence-electron chi connectivity index (χ4n) is 3.08. The maximum atomic E-state index is 12.3. The number of carbonyl (C=O) groups is 2. The summed E-state index contributed by atoms with van der Waals surface area (Å²) in [7, 11) is 3.76. The van der Waals surface area contributed by atoms with Crippen molar-refractivity contribution < 1.29 is 9.59 Å². The standard InChI is InChI=1S/C14H25N3O2/c1-15-6-3-11-4-7-17(8-5-11)14(19)12-9-13(18)16(2)10-12/h11-12,15H,3-10H2,1-2H3. The molecule has 0 radical (unpaired) electrons. The topological polar surface area (TPSA) is 52.7 Å². The lowest BCUT2D eigenvalue weighted by Gasteiger charge is -2.33. The van der Waals surface area contributed by atoms with Crippen LogP contribution in [0.1, 0.15) is 25.7 Å². The van der Waals surface area contributed by atoms with E-state index >= 15 is 0 Å². The third-order valence-electron chi connectivity index (χ3n) is 4.42. The summed E-state index contributed by atoms with van der Waals surface area (Å²) < 4.78 is 0. The molecule has 2 saturated heterocycles. The summed E-state index contributed by atoms with van der Waals surface area (Å²) in [5.41, 5.74) is 0. The van der Waals surface area contributed by atoms with Gasteiger partial charge in [-0.1, -0.05) is 0 Å². The van der Waals surface area contributed by atoms with Gasteiger partial charge >= 0.3 is 0 Å². The second-order valence-corrected chi connectivity index (χ2v) is 5.84. The van der Waals surface area contributed by atoms with Crippen LogP contribution >= 0.6 is 0 Å². The van der Waals surface area contributed by atoms with Crippen LogP contribution in [0.25, 0.3) is 0 Å². The van der Waals surface area contributed by atoms with Crippen LogP contribution in [0.5, 0.6) is 0 Å². The Morgan fingerprint density at radius 3 is 2.58 bits per heavy atom. The van der Waals surface area contributed by atoms with Crippen LogP contribution in [-0.2, 0) is 9.59 Å². The molecule has 2 aliphatic rings. The SMILES string of the molecule is CNCCC1CCN(C(=O)C2CC(=O)N(C)C2)CC1. The number of piperidine rings is 1. The molecule has 0 spiro atoms. The Kier molecular flexibility index (Phi) is 4.80. The van der Waals surface area contributed by atoms with Gasteiger partial charge in [0.1, 0.15) is 0 Å². The molecule has 1 N–H and O–H groups in total. The zero-order valence-corrected chi connectivity index (χ0v) is 12.0. The van der Waals surface area contributed by atoms with Crippen LogP contribution < -0.4 is 5.32 Å². The highest BCUT2D eigenvalue weighted by Crippen LogP contribution is 2.24. The smallest absolute Gasteiger partial charge is 0.227 e. The van der Waals surface area contributed by atoms with Crippen molar-refractivity contribution in [2.75, 3.05) is 40.3 Å². The van der Waals surface area contributed by atoms with E-state index in [9.17, 15) is 9.59 Å². The lowest BCUT2D eigenvalue weighted by molar-refractivity contribution is -0.137. The van der Waals surface area contributed by atoms with Gasteiger partial charge in [0, 0.05) is 33.1 Å². The fraction of sp³-hybridized carbons (Fsp3) is 0.857. The molecule has 2 fully saturated rings. The molecular formula is C14H25N3O2. The maximum Gasteiger partial charge on any atom is 0.227 e. The number of hydrogen-bond donors (Lipinski definition) is 1. The zero-order chi connectivity index (χ0) is 13.8. The summed E-state index contributed by atoms with van der Waals surface area (Å²) in [6, 6.07) is 0. The first kappa shape index (κ1) is 14.3. The molecular weight excluding hydrogens is 242 g/mol. The van der Waals surface area contributed by atoms with E-state index in [1.165, 1.54) is 6.42 Å². The lowest BCUT2D eigenvalue weighted by Crippen LogP contribution is -2.42. The summed E-state index contributed by atoms with van der Waals surface area (Å²) in [4.78, 5) is 27.5. The van der Waals surface area contributed by atoms with Crippen LogP contribution in [0.15, 0.2) is 0 Å². The van der Waals surface area contributed by atoms with E-state index in [1.54, 1.807) is 11.9 Å². The molecule has 0 aromatic rings. The molecule has 0 bridgehead atoms. The minimum Gasteiger partial charge on any atom is -0.345 e. The van der Waals surface area contributed by atoms with Crippen LogP contribution in [0.3, 0.4) is 0 Å². The number of nitrogens with one attached hydrogen (secondary N) is 1. The van der Waals surface area contributed by atoms with E-state index in [0.717, 1.165) is 38.4 Å². The van der Waals surface area contributed by atoms with Crippen LogP contribution in [0, 0.1) is 11.8 Å². The van der Waals surface area contributed by atoms with Gasteiger partial charge in [-0.15, -0.1) is 0 Å². The predicted octanol–water partition coefficient (Wildman–Crippen LogP) is 0.313. The number of nitrogens with zero attached hydrogens (tertiary/aromatic N) is 2. The molecule has 108 valence electrons. The van der Waals surface area contributed by atoms with E-state index in [4.69, 9.17) is 0 Å². The molecule has 2 amide bonds. The molecule has 2 heterocycles. The fourth-order valence-corrected chi connectivity index (χ4v) is 3.08. The highest BCUT2D eigenvalue weighted by atomic mass is 16.2. The van der Waals surface area contributed by atoms with E-state index < -0.39 is 0 Å². The Bertz CT molecular complexity index is 338. The van der Waals surface area contributed by atoms with Crippen molar-refractivity contribution in [3.63, 3.8) is 0 Å². The van der Waals surface area contributed by atoms with Crippen LogP contribution in [0.4, 0.5) is 0 Å². The first-order valence-electron chi connectivity index (χ1n) is 7.29. The van der Waals surface area contributed by atoms with Gasteiger partial charge in [0.15, 0.2) is 0 Å². The average molecular weight is 267 g/mol. The highest BCUT2D eigenvalue weighted by Gasteiger charge is 2.35. The van der Waals surface area contributed by atoms with E-state index in [1.807, 2.05) is 11.9 Å². The Morgan fingerprint density at radius 2 is 2.05 bits per heavy atom. The van der Waals surface area contributed by atoms with Crippen molar-refractivity contribution in [3.05, 3.63) is 0 Å². The number of likely N-dealkylation sites (tertiary alicyclic amines) is 2. The normalized spacial score (nSPS) is 25.2. The molecule has 0 aromatic carbocycles. The van der Waals surface area contributed by atoms with E-state index in [-0.39, 0.29) is 17.7 Å². The van der Waals surface area contributed by atoms with Gasteiger partial charge in [-0.3, -0.25) is 9.59 Å². The molecule has 2 aliphatic heterocycles. The Morgan fingerprint density at radius 1 is 1.37 bits per heavy atom. The molecule has 0 saturated carbocycles. The van der Waals surface area contributed by atoms with E-state index in [2.05, 4.69) is 5.32 Å². The van der Waals surface area contributed by atoms with Gasteiger partial charge in [0.2, 0.25) is 11.8 Å². The third kappa shape index (κ3) is 3.47. The van der Waals surface area contributed by atoms with Crippen molar-refractivity contribution >= 4 is 11.8 Å². The molecule has 2 rings (SSSR count). The number of carbonyl (C=O) groups excluding carboxylic acids is 2. The Labute approximate surface area is 115 Å². The molecule has 5 nitrogen and oxygen atoms in total. The molecule has 1 atom stereocenters. The van der Waals surface area contributed by atoms with Crippen molar-refractivity contribution in [1.82, 2.24) is 15.1 Å². The Balaban J connectivity index is 1.78. The largest absolute Gasteiger partial charge is 0.345 e. The van der Waals surface area contributed by atoms with Gasteiger partial charge < -0.3 is 15.1 Å². The van der Waals surface area contributed by atoms with Gasteiger partial charge in [0.05, 0.1) is 5.92 Å². The maximum absolute atomic E-state index is 12.3. The number of rotatable bonds is 4. The quantitative estimate of drug-likeness (QED) is 0.798. The molecule has 19 heavy (non-hydrogen) atoms. The lowest BCUT2D eigenvalue weighted by atomic mass is 9.92. The second kappa shape index (κ2) is 6.37. The summed E-state index contributed by atoms with van der Waals surface area (Å²) >= 11 is 0.